The van der Waals surface area contributed by atoms with Gasteiger partial charge in [0.05, 0.1) is 6.54 Å². The summed E-state index contributed by atoms with van der Waals surface area (Å²) in [4.78, 5) is 5.44. The summed E-state index contributed by atoms with van der Waals surface area (Å²) < 4.78 is 37.2. The Balaban J connectivity index is 2.61. The highest BCUT2D eigenvalue weighted by atomic mass is 19.4. The van der Waals surface area contributed by atoms with Gasteiger partial charge in [0, 0.05) is 13.1 Å². The van der Waals surface area contributed by atoms with Gasteiger partial charge in [0.2, 0.25) is 0 Å². The van der Waals surface area contributed by atoms with Gasteiger partial charge >= 0.3 is 6.18 Å². The molecule has 0 bridgehead atoms. The van der Waals surface area contributed by atoms with Crippen LogP contribution in [-0.4, -0.2) is 47.4 Å². The van der Waals surface area contributed by atoms with Crippen molar-refractivity contribution in [2.24, 2.45) is 16.6 Å². The molecule has 2 atom stereocenters. The van der Waals surface area contributed by atoms with Crippen LogP contribution in [0.25, 0.3) is 0 Å². The monoisotopic (exact) mass is 267 g/mol. The molecule has 3 N–H and O–H groups in total. The zero-order chi connectivity index (χ0) is 14.0. The highest BCUT2D eigenvalue weighted by molar-refractivity contribution is 5.78. The van der Waals surface area contributed by atoms with Crippen molar-refractivity contribution >= 4 is 5.96 Å². The van der Waals surface area contributed by atoms with Crippen LogP contribution in [-0.2, 0) is 0 Å². The molecule has 0 spiro atoms. The van der Waals surface area contributed by atoms with Crippen molar-refractivity contribution < 1.29 is 18.3 Å². The molecule has 1 saturated heterocycles. The average Bonchev–Trinajstić information content (AvgIpc) is 2.24. The smallest absolute Gasteiger partial charge is 0.379 e. The lowest BCUT2D eigenvalue weighted by molar-refractivity contribution is -0.248. The SMILES string of the molecule is CC1CCCN(C(N)=NCC(C)(O)C(F)(F)F)C1. The van der Waals surface area contributed by atoms with E-state index in [1.165, 1.54) is 0 Å². The van der Waals surface area contributed by atoms with E-state index in [1.807, 2.05) is 0 Å². The van der Waals surface area contributed by atoms with E-state index in [0.29, 0.717) is 25.9 Å². The predicted octanol–water partition coefficient (Wildman–Crippen LogP) is 1.35. The second-order valence-corrected chi connectivity index (χ2v) is 5.14. The van der Waals surface area contributed by atoms with Crippen molar-refractivity contribution in [1.82, 2.24) is 4.90 Å². The fraction of sp³-hybridized carbons (Fsp3) is 0.909. The third-order valence-electron chi connectivity index (χ3n) is 3.14. The van der Waals surface area contributed by atoms with Crippen molar-refractivity contribution in [2.45, 2.75) is 38.5 Å². The maximum atomic E-state index is 12.4. The molecule has 0 aliphatic carbocycles. The molecule has 1 rings (SSSR count). The zero-order valence-electron chi connectivity index (χ0n) is 10.7. The fourth-order valence-corrected chi connectivity index (χ4v) is 1.82. The summed E-state index contributed by atoms with van der Waals surface area (Å²) in [6, 6.07) is 0. The van der Waals surface area contributed by atoms with Gasteiger partial charge in [-0.1, -0.05) is 6.92 Å². The molecule has 1 heterocycles. The molecule has 0 amide bonds. The molecular weight excluding hydrogens is 247 g/mol. The molecule has 0 aromatic carbocycles. The number of nitrogens with zero attached hydrogens (tertiary/aromatic N) is 2. The van der Waals surface area contributed by atoms with Gasteiger partial charge in [-0.25, -0.2) is 4.99 Å². The minimum Gasteiger partial charge on any atom is -0.379 e. The van der Waals surface area contributed by atoms with Gasteiger partial charge in [-0.3, -0.25) is 0 Å². The summed E-state index contributed by atoms with van der Waals surface area (Å²) in [5.41, 5.74) is 2.82. The number of rotatable bonds is 2. The number of guanidine groups is 1. The number of aliphatic hydroxyl groups is 1. The number of likely N-dealkylation sites (tertiary alicyclic amines) is 1. The predicted molar refractivity (Wildman–Crippen MR) is 63.1 cm³/mol. The second-order valence-electron chi connectivity index (χ2n) is 5.14. The highest BCUT2D eigenvalue weighted by Crippen LogP contribution is 2.30. The third kappa shape index (κ3) is 3.76. The molecule has 1 aliphatic heterocycles. The Morgan fingerprint density at radius 2 is 2.11 bits per heavy atom. The van der Waals surface area contributed by atoms with Gasteiger partial charge in [-0.2, -0.15) is 13.2 Å². The molecule has 18 heavy (non-hydrogen) atoms. The van der Waals surface area contributed by atoms with E-state index in [0.717, 1.165) is 12.8 Å². The Hall–Kier alpha value is -0.980. The molecule has 7 heteroatoms. The summed E-state index contributed by atoms with van der Waals surface area (Å²) in [6.45, 7) is 3.39. The van der Waals surface area contributed by atoms with Crippen LogP contribution >= 0.6 is 0 Å². The molecule has 106 valence electrons. The van der Waals surface area contributed by atoms with Gasteiger partial charge in [-0.05, 0) is 25.7 Å². The van der Waals surface area contributed by atoms with Crippen LogP contribution < -0.4 is 5.73 Å². The largest absolute Gasteiger partial charge is 0.418 e. The maximum Gasteiger partial charge on any atom is 0.418 e. The van der Waals surface area contributed by atoms with E-state index in [1.54, 1.807) is 4.90 Å². The summed E-state index contributed by atoms with van der Waals surface area (Å²) >= 11 is 0. The van der Waals surface area contributed by atoms with E-state index in [2.05, 4.69) is 11.9 Å². The summed E-state index contributed by atoms with van der Waals surface area (Å²) in [5.74, 6) is 0.529. The van der Waals surface area contributed by atoms with E-state index in [4.69, 9.17) is 5.73 Å². The molecule has 0 aromatic rings. The number of piperidine rings is 1. The van der Waals surface area contributed by atoms with Crippen molar-refractivity contribution in [3.8, 4) is 0 Å². The fourth-order valence-electron chi connectivity index (χ4n) is 1.82. The first kappa shape index (κ1) is 15.1. The van der Waals surface area contributed by atoms with Crippen LogP contribution in [0.15, 0.2) is 4.99 Å². The van der Waals surface area contributed by atoms with Gasteiger partial charge in [0.15, 0.2) is 11.6 Å². The molecule has 2 unspecified atom stereocenters. The van der Waals surface area contributed by atoms with Crippen molar-refractivity contribution in [2.75, 3.05) is 19.6 Å². The van der Waals surface area contributed by atoms with Crippen LogP contribution in [0.4, 0.5) is 13.2 Å². The second kappa shape index (κ2) is 5.34. The Morgan fingerprint density at radius 3 is 2.61 bits per heavy atom. The number of aliphatic imine (C=N–C) groups is 1. The molecule has 0 saturated carbocycles. The lowest BCUT2D eigenvalue weighted by Crippen LogP contribution is -2.47. The van der Waals surface area contributed by atoms with E-state index in [-0.39, 0.29) is 5.96 Å². The van der Waals surface area contributed by atoms with Crippen molar-refractivity contribution in [3.05, 3.63) is 0 Å². The van der Waals surface area contributed by atoms with Crippen LogP contribution in [0.5, 0.6) is 0 Å². The normalized spacial score (nSPS) is 26.0. The zero-order valence-corrected chi connectivity index (χ0v) is 10.7. The molecular formula is C11H20F3N3O. The quantitative estimate of drug-likeness (QED) is 0.586. The van der Waals surface area contributed by atoms with E-state index in [9.17, 15) is 18.3 Å². The van der Waals surface area contributed by atoms with Gasteiger partial charge in [-0.15, -0.1) is 0 Å². The van der Waals surface area contributed by atoms with Crippen LogP contribution in [0.1, 0.15) is 26.7 Å². The number of nitrogens with two attached hydrogens (primary N) is 1. The van der Waals surface area contributed by atoms with Crippen LogP contribution in [0, 0.1) is 5.92 Å². The first-order valence-corrected chi connectivity index (χ1v) is 5.97. The molecule has 1 fully saturated rings. The van der Waals surface area contributed by atoms with Crippen molar-refractivity contribution in [3.63, 3.8) is 0 Å². The Kier molecular flexibility index (Phi) is 4.47. The number of alkyl halides is 3. The standard InChI is InChI=1S/C11H20F3N3O/c1-8-4-3-5-17(6-8)9(15)16-7-10(2,18)11(12,13)14/h8,18H,3-7H2,1-2H3,(H2,15,16). The summed E-state index contributed by atoms with van der Waals surface area (Å²) in [6.07, 6.45) is -2.66. The van der Waals surface area contributed by atoms with Gasteiger partial charge < -0.3 is 15.7 Å². The Bertz CT molecular complexity index is 315. The van der Waals surface area contributed by atoms with Gasteiger partial charge in [0.1, 0.15) is 0 Å². The average molecular weight is 267 g/mol. The van der Waals surface area contributed by atoms with Crippen LogP contribution in [0.2, 0.25) is 0 Å². The topological polar surface area (TPSA) is 61.8 Å². The molecule has 1 aliphatic rings. The number of halogens is 3. The maximum absolute atomic E-state index is 12.4. The lowest BCUT2D eigenvalue weighted by Gasteiger charge is -2.32. The Labute approximate surface area is 105 Å². The Morgan fingerprint density at radius 1 is 1.50 bits per heavy atom. The first-order valence-electron chi connectivity index (χ1n) is 5.97. The molecule has 0 aromatic heterocycles. The molecule has 4 nitrogen and oxygen atoms in total. The van der Waals surface area contributed by atoms with E-state index >= 15 is 0 Å². The van der Waals surface area contributed by atoms with E-state index < -0.39 is 18.3 Å². The third-order valence-corrected chi connectivity index (χ3v) is 3.14. The minimum absolute atomic E-state index is 0.0751. The minimum atomic E-state index is -4.70. The van der Waals surface area contributed by atoms with Crippen molar-refractivity contribution in [1.29, 1.82) is 0 Å². The molecule has 0 radical (unpaired) electrons. The number of hydrogen-bond acceptors (Lipinski definition) is 2. The summed E-state index contributed by atoms with van der Waals surface area (Å²) in [5, 5.41) is 9.24. The summed E-state index contributed by atoms with van der Waals surface area (Å²) in [7, 11) is 0. The lowest BCUT2D eigenvalue weighted by atomic mass is 10.0. The first-order chi connectivity index (χ1) is 8.13. The number of hydrogen-bond donors (Lipinski definition) is 2. The highest BCUT2D eigenvalue weighted by Gasteiger charge is 2.49. The van der Waals surface area contributed by atoms with Gasteiger partial charge in [0.25, 0.3) is 0 Å². The van der Waals surface area contributed by atoms with Crippen LogP contribution in [0.3, 0.4) is 0 Å².